The molecule has 2 atom stereocenters. The molecule has 0 spiro atoms. The minimum atomic E-state index is -0.502. The van der Waals surface area contributed by atoms with Gasteiger partial charge in [0.2, 0.25) is 5.82 Å². The Hall–Kier alpha value is -1.65. The van der Waals surface area contributed by atoms with E-state index in [2.05, 4.69) is 33.9 Å². The zero-order valence-corrected chi connectivity index (χ0v) is 12.4. The number of ether oxygens (including phenoxy) is 1. The third kappa shape index (κ3) is 3.46. The highest BCUT2D eigenvalue weighted by atomic mass is 16.5. The van der Waals surface area contributed by atoms with Crippen LogP contribution in [0.15, 0.2) is 12.3 Å². The van der Waals surface area contributed by atoms with Gasteiger partial charge in [0.25, 0.3) is 0 Å². The highest BCUT2D eigenvalue weighted by molar-refractivity contribution is 5.85. The molecule has 0 amide bonds. The molecule has 0 aromatic carbocycles. The first kappa shape index (κ1) is 14.8. The van der Waals surface area contributed by atoms with E-state index < -0.39 is 5.97 Å². The summed E-state index contributed by atoms with van der Waals surface area (Å²) in [7, 11) is 1.34. The number of rotatable bonds is 4. The number of methoxy groups -OCH3 is 1. The molecule has 0 saturated heterocycles. The van der Waals surface area contributed by atoms with Crippen molar-refractivity contribution >= 4 is 11.8 Å². The second-order valence-electron chi connectivity index (χ2n) is 5.70. The van der Waals surface area contributed by atoms with E-state index in [4.69, 9.17) is 0 Å². The Morgan fingerprint density at radius 1 is 1.40 bits per heavy atom. The molecule has 1 saturated carbocycles. The summed E-state index contributed by atoms with van der Waals surface area (Å²) < 4.78 is 4.65. The van der Waals surface area contributed by atoms with E-state index in [-0.39, 0.29) is 5.82 Å². The van der Waals surface area contributed by atoms with Crippen LogP contribution in [-0.4, -0.2) is 29.1 Å². The first-order valence-electron chi connectivity index (χ1n) is 7.29. The Bertz CT molecular complexity index is 462. The van der Waals surface area contributed by atoms with Gasteiger partial charge in [0.1, 0.15) is 5.82 Å². The maximum Gasteiger partial charge on any atom is 0.376 e. The number of hydrogen-bond acceptors (Lipinski definition) is 5. The Morgan fingerprint density at radius 3 is 2.85 bits per heavy atom. The SMILES string of the molecule is COC(=O)c1nccc(NC2CCCCC2C(C)C)n1. The molecule has 110 valence electrons. The molecule has 1 fully saturated rings. The van der Waals surface area contributed by atoms with Gasteiger partial charge in [0.15, 0.2) is 0 Å². The van der Waals surface area contributed by atoms with Gasteiger partial charge < -0.3 is 10.1 Å². The molecule has 1 aliphatic rings. The van der Waals surface area contributed by atoms with Crippen molar-refractivity contribution in [3.05, 3.63) is 18.1 Å². The second kappa shape index (κ2) is 6.68. The molecular formula is C15H23N3O2. The van der Waals surface area contributed by atoms with Crippen LogP contribution in [0, 0.1) is 11.8 Å². The molecular weight excluding hydrogens is 254 g/mol. The van der Waals surface area contributed by atoms with Gasteiger partial charge >= 0.3 is 5.97 Å². The lowest BCUT2D eigenvalue weighted by atomic mass is 9.78. The fourth-order valence-corrected chi connectivity index (χ4v) is 2.96. The van der Waals surface area contributed by atoms with Gasteiger partial charge in [-0.2, -0.15) is 0 Å². The smallest absolute Gasteiger partial charge is 0.376 e. The van der Waals surface area contributed by atoms with Gasteiger partial charge in [-0.1, -0.05) is 26.7 Å². The fourth-order valence-electron chi connectivity index (χ4n) is 2.96. The highest BCUT2D eigenvalue weighted by Crippen LogP contribution is 2.31. The Morgan fingerprint density at radius 2 is 2.15 bits per heavy atom. The molecule has 5 heteroatoms. The second-order valence-corrected chi connectivity index (χ2v) is 5.70. The van der Waals surface area contributed by atoms with Gasteiger partial charge in [-0.05, 0) is 30.7 Å². The maximum absolute atomic E-state index is 11.5. The first-order valence-corrected chi connectivity index (χ1v) is 7.29. The van der Waals surface area contributed by atoms with Crippen LogP contribution in [0.25, 0.3) is 0 Å². The van der Waals surface area contributed by atoms with Gasteiger partial charge in [0, 0.05) is 12.2 Å². The van der Waals surface area contributed by atoms with Crippen LogP contribution in [0.1, 0.15) is 50.1 Å². The summed E-state index contributed by atoms with van der Waals surface area (Å²) >= 11 is 0. The monoisotopic (exact) mass is 277 g/mol. The molecule has 20 heavy (non-hydrogen) atoms. The molecule has 0 aliphatic heterocycles. The molecule has 2 unspecified atom stereocenters. The molecule has 0 bridgehead atoms. The van der Waals surface area contributed by atoms with Crippen LogP contribution in [-0.2, 0) is 4.74 Å². The average molecular weight is 277 g/mol. The summed E-state index contributed by atoms with van der Waals surface area (Å²) in [6.07, 6.45) is 6.55. The first-order chi connectivity index (χ1) is 9.61. The van der Waals surface area contributed by atoms with Crippen LogP contribution in [0.3, 0.4) is 0 Å². The topological polar surface area (TPSA) is 64.1 Å². The summed E-state index contributed by atoms with van der Waals surface area (Å²) in [6, 6.07) is 2.22. The van der Waals surface area contributed by atoms with E-state index in [9.17, 15) is 4.79 Å². The quantitative estimate of drug-likeness (QED) is 0.857. The van der Waals surface area contributed by atoms with Crippen molar-refractivity contribution in [1.29, 1.82) is 0 Å². The minimum Gasteiger partial charge on any atom is -0.463 e. The van der Waals surface area contributed by atoms with Crippen molar-refractivity contribution in [2.45, 2.75) is 45.6 Å². The molecule has 0 radical (unpaired) electrons. The lowest BCUT2D eigenvalue weighted by Gasteiger charge is -2.35. The van der Waals surface area contributed by atoms with E-state index in [1.54, 1.807) is 12.3 Å². The number of carbonyl (C=O) groups excluding carboxylic acids is 1. The zero-order chi connectivity index (χ0) is 14.5. The lowest BCUT2D eigenvalue weighted by Crippen LogP contribution is -2.35. The maximum atomic E-state index is 11.5. The largest absolute Gasteiger partial charge is 0.463 e. The summed E-state index contributed by atoms with van der Waals surface area (Å²) in [5.74, 6) is 1.61. The van der Waals surface area contributed by atoms with Crippen molar-refractivity contribution in [2.75, 3.05) is 12.4 Å². The van der Waals surface area contributed by atoms with E-state index in [1.165, 1.54) is 26.4 Å². The molecule has 2 rings (SSSR count). The summed E-state index contributed by atoms with van der Waals surface area (Å²) in [4.78, 5) is 19.6. The predicted molar refractivity (Wildman–Crippen MR) is 77.6 cm³/mol. The Kier molecular flexibility index (Phi) is 4.93. The number of esters is 1. The third-order valence-corrected chi connectivity index (χ3v) is 4.03. The number of nitrogens with one attached hydrogen (secondary N) is 1. The number of aromatic nitrogens is 2. The molecule has 5 nitrogen and oxygen atoms in total. The third-order valence-electron chi connectivity index (χ3n) is 4.03. The van der Waals surface area contributed by atoms with Crippen molar-refractivity contribution in [3.63, 3.8) is 0 Å². The fraction of sp³-hybridized carbons (Fsp3) is 0.667. The van der Waals surface area contributed by atoms with Crippen LogP contribution in [0.4, 0.5) is 5.82 Å². The number of nitrogens with zero attached hydrogens (tertiary/aromatic N) is 2. The van der Waals surface area contributed by atoms with Crippen molar-refractivity contribution in [2.24, 2.45) is 11.8 Å². The van der Waals surface area contributed by atoms with Gasteiger partial charge in [0.05, 0.1) is 7.11 Å². The highest BCUT2D eigenvalue weighted by Gasteiger charge is 2.27. The van der Waals surface area contributed by atoms with Crippen LogP contribution >= 0.6 is 0 Å². The lowest BCUT2D eigenvalue weighted by molar-refractivity contribution is 0.0587. The van der Waals surface area contributed by atoms with E-state index in [0.717, 1.165) is 6.42 Å². The number of anilines is 1. The molecule has 1 heterocycles. The van der Waals surface area contributed by atoms with Crippen molar-refractivity contribution < 1.29 is 9.53 Å². The number of carbonyl (C=O) groups is 1. The van der Waals surface area contributed by atoms with Crippen LogP contribution < -0.4 is 5.32 Å². The normalized spacial score (nSPS) is 22.6. The van der Waals surface area contributed by atoms with E-state index in [1.807, 2.05) is 0 Å². The van der Waals surface area contributed by atoms with Gasteiger partial charge in [-0.3, -0.25) is 0 Å². The number of hydrogen-bond donors (Lipinski definition) is 1. The zero-order valence-electron chi connectivity index (χ0n) is 12.4. The molecule has 1 N–H and O–H groups in total. The Labute approximate surface area is 120 Å². The van der Waals surface area contributed by atoms with Crippen molar-refractivity contribution in [1.82, 2.24) is 9.97 Å². The average Bonchev–Trinajstić information content (AvgIpc) is 2.47. The summed E-state index contributed by atoms with van der Waals surface area (Å²) in [5, 5.41) is 3.47. The summed E-state index contributed by atoms with van der Waals surface area (Å²) in [5.41, 5.74) is 0. The summed E-state index contributed by atoms with van der Waals surface area (Å²) in [6.45, 7) is 4.54. The Balaban J connectivity index is 2.10. The standard InChI is InChI=1S/C15H23N3O2/c1-10(2)11-6-4-5-7-12(11)17-13-8-9-16-14(18-13)15(19)20-3/h8-12H,4-7H2,1-3H3,(H,16,17,18). The predicted octanol–water partition coefficient (Wildman–Crippen LogP) is 2.89. The van der Waals surface area contributed by atoms with Gasteiger partial charge in [-0.15, -0.1) is 0 Å². The van der Waals surface area contributed by atoms with Crippen LogP contribution in [0.2, 0.25) is 0 Å². The van der Waals surface area contributed by atoms with E-state index in [0.29, 0.717) is 23.7 Å². The molecule has 1 aromatic heterocycles. The van der Waals surface area contributed by atoms with Crippen molar-refractivity contribution in [3.8, 4) is 0 Å². The van der Waals surface area contributed by atoms with Crippen LogP contribution in [0.5, 0.6) is 0 Å². The molecule has 1 aromatic rings. The molecule has 1 aliphatic carbocycles. The van der Waals surface area contributed by atoms with E-state index >= 15 is 0 Å². The minimum absolute atomic E-state index is 0.106. The van der Waals surface area contributed by atoms with Gasteiger partial charge in [-0.25, -0.2) is 14.8 Å².